The predicted molar refractivity (Wildman–Crippen MR) is 81.5 cm³/mol. The highest BCUT2D eigenvalue weighted by Gasteiger charge is 2.16. The molecule has 0 spiro atoms. The van der Waals surface area contributed by atoms with E-state index in [4.69, 9.17) is 4.74 Å². The van der Waals surface area contributed by atoms with Crippen molar-refractivity contribution in [1.29, 1.82) is 0 Å². The molecule has 0 radical (unpaired) electrons. The number of hydrogen-bond donors (Lipinski definition) is 1. The molecule has 106 valence electrons. The molecule has 1 N–H and O–H groups in total. The van der Waals surface area contributed by atoms with E-state index in [-0.39, 0.29) is 5.97 Å². The highest BCUT2D eigenvalue weighted by molar-refractivity contribution is 7.22. The third kappa shape index (κ3) is 2.77. The summed E-state index contributed by atoms with van der Waals surface area (Å²) in [7, 11) is 0. The van der Waals surface area contributed by atoms with Crippen LogP contribution in [0.5, 0.6) is 0 Å². The van der Waals surface area contributed by atoms with Gasteiger partial charge in [-0.1, -0.05) is 24.2 Å². The second-order valence-electron chi connectivity index (χ2n) is 5.05. The van der Waals surface area contributed by atoms with Crippen LogP contribution in [0.25, 0.3) is 10.2 Å². The van der Waals surface area contributed by atoms with Crippen molar-refractivity contribution in [1.82, 2.24) is 4.98 Å². The van der Waals surface area contributed by atoms with Crippen LogP contribution in [0.2, 0.25) is 0 Å². The van der Waals surface area contributed by atoms with Crippen molar-refractivity contribution in [3.8, 4) is 0 Å². The fraction of sp³-hybridized carbons (Fsp3) is 0.467. The van der Waals surface area contributed by atoms with Gasteiger partial charge in [0.25, 0.3) is 0 Å². The van der Waals surface area contributed by atoms with Crippen LogP contribution < -0.4 is 5.32 Å². The molecule has 0 amide bonds. The minimum atomic E-state index is -0.270. The molecule has 2 aromatic rings. The Morgan fingerprint density at radius 3 is 3.00 bits per heavy atom. The third-order valence-electron chi connectivity index (χ3n) is 3.58. The molecule has 1 aromatic carbocycles. The first-order valence-electron chi connectivity index (χ1n) is 7.10. The quantitative estimate of drug-likeness (QED) is 0.870. The summed E-state index contributed by atoms with van der Waals surface area (Å²) in [5.41, 5.74) is 1.53. The Balaban J connectivity index is 1.81. The monoisotopic (exact) mass is 290 g/mol. The highest BCUT2D eigenvalue weighted by Crippen LogP contribution is 2.30. The van der Waals surface area contributed by atoms with Crippen LogP contribution in [0.3, 0.4) is 0 Å². The molecule has 0 atom stereocenters. The highest BCUT2D eigenvalue weighted by atomic mass is 32.1. The summed E-state index contributed by atoms with van der Waals surface area (Å²) in [5.74, 6) is -0.270. The zero-order valence-corrected chi connectivity index (χ0v) is 12.3. The fourth-order valence-electron chi connectivity index (χ4n) is 2.57. The summed E-state index contributed by atoms with van der Waals surface area (Å²) in [6, 6.07) is 6.09. The maximum atomic E-state index is 11.7. The van der Waals surface area contributed by atoms with Gasteiger partial charge in [0.15, 0.2) is 5.13 Å². The number of carbonyl (C=O) groups excluding carboxylic acids is 1. The number of fused-ring (bicyclic) bond motifs is 1. The standard InChI is InChI=1S/C15H18N2O2S/c1-2-19-14(18)10-7-8-12-13(9-10)20-15(17-12)16-11-5-3-4-6-11/h7-9,11H,2-6H2,1H3,(H,16,17). The second-order valence-corrected chi connectivity index (χ2v) is 6.08. The van der Waals surface area contributed by atoms with Gasteiger partial charge in [0.05, 0.1) is 22.4 Å². The Bertz CT molecular complexity index is 617. The second kappa shape index (κ2) is 5.79. The first-order valence-corrected chi connectivity index (χ1v) is 7.92. The number of nitrogens with zero attached hydrogens (tertiary/aromatic N) is 1. The Morgan fingerprint density at radius 2 is 2.25 bits per heavy atom. The number of nitrogens with one attached hydrogen (secondary N) is 1. The number of hydrogen-bond acceptors (Lipinski definition) is 5. The molecular formula is C15H18N2O2S. The molecule has 0 unspecified atom stereocenters. The van der Waals surface area contributed by atoms with Gasteiger partial charge in [0.2, 0.25) is 0 Å². The van der Waals surface area contributed by atoms with E-state index in [1.54, 1.807) is 17.4 Å². The molecule has 1 aliphatic rings. The molecule has 1 heterocycles. The van der Waals surface area contributed by atoms with Crippen molar-refractivity contribution >= 4 is 32.7 Å². The summed E-state index contributed by atoms with van der Waals surface area (Å²) in [6.45, 7) is 2.21. The molecule has 0 bridgehead atoms. The molecule has 0 saturated heterocycles. The van der Waals surface area contributed by atoms with E-state index in [2.05, 4.69) is 10.3 Å². The van der Waals surface area contributed by atoms with Crippen LogP contribution in [0.4, 0.5) is 5.13 Å². The van der Waals surface area contributed by atoms with Crippen LogP contribution in [0.1, 0.15) is 43.0 Å². The first-order chi connectivity index (χ1) is 9.76. The van der Waals surface area contributed by atoms with Crippen LogP contribution >= 0.6 is 11.3 Å². The maximum absolute atomic E-state index is 11.7. The molecule has 1 fully saturated rings. The first kappa shape index (κ1) is 13.4. The maximum Gasteiger partial charge on any atom is 0.338 e. The van der Waals surface area contributed by atoms with Crippen LogP contribution in [0.15, 0.2) is 18.2 Å². The molecule has 1 saturated carbocycles. The van der Waals surface area contributed by atoms with Crippen molar-refractivity contribution in [3.05, 3.63) is 23.8 Å². The molecule has 1 aliphatic carbocycles. The van der Waals surface area contributed by atoms with Gasteiger partial charge in [0.1, 0.15) is 0 Å². The lowest BCUT2D eigenvalue weighted by molar-refractivity contribution is 0.0526. The van der Waals surface area contributed by atoms with Crippen molar-refractivity contribution in [2.24, 2.45) is 0 Å². The van der Waals surface area contributed by atoms with E-state index < -0.39 is 0 Å². The van der Waals surface area contributed by atoms with E-state index in [0.717, 1.165) is 15.3 Å². The number of anilines is 1. The Kier molecular flexibility index (Phi) is 3.87. The lowest BCUT2D eigenvalue weighted by Crippen LogP contribution is -2.13. The van der Waals surface area contributed by atoms with E-state index in [1.807, 2.05) is 19.1 Å². The Morgan fingerprint density at radius 1 is 1.45 bits per heavy atom. The number of aromatic nitrogens is 1. The van der Waals surface area contributed by atoms with Gasteiger partial charge in [-0.25, -0.2) is 9.78 Å². The normalized spacial score (nSPS) is 15.7. The Hall–Kier alpha value is -1.62. The van der Waals surface area contributed by atoms with Gasteiger partial charge in [-0.2, -0.15) is 0 Å². The summed E-state index contributed by atoms with van der Waals surface area (Å²) >= 11 is 1.60. The van der Waals surface area contributed by atoms with Gasteiger partial charge >= 0.3 is 5.97 Å². The van der Waals surface area contributed by atoms with E-state index in [9.17, 15) is 4.79 Å². The third-order valence-corrected chi connectivity index (χ3v) is 4.53. The summed E-state index contributed by atoms with van der Waals surface area (Å²) in [5, 5.41) is 4.45. The summed E-state index contributed by atoms with van der Waals surface area (Å²) < 4.78 is 6.05. The fourth-order valence-corrected chi connectivity index (χ4v) is 3.55. The van der Waals surface area contributed by atoms with Gasteiger partial charge in [-0.15, -0.1) is 0 Å². The lowest BCUT2D eigenvalue weighted by atomic mass is 10.2. The number of rotatable bonds is 4. The minimum absolute atomic E-state index is 0.270. The molecule has 4 nitrogen and oxygen atoms in total. The zero-order valence-electron chi connectivity index (χ0n) is 11.5. The van der Waals surface area contributed by atoms with Crippen LogP contribution in [-0.4, -0.2) is 23.6 Å². The molecule has 1 aromatic heterocycles. The Labute approximate surface area is 122 Å². The van der Waals surface area contributed by atoms with Crippen LogP contribution in [-0.2, 0) is 4.74 Å². The van der Waals surface area contributed by atoms with E-state index >= 15 is 0 Å². The topological polar surface area (TPSA) is 51.2 Å². The molecule has 5 heteroatoms. The minimum Gasteiger partial charge on any atom is -0.462 e. The zero-order chi connectivity index (χ0) is 13.9. The van der Waals surface area contributed by atoms with E-state index in [0.29, 0.717) is 18.2 Å². The number of ether oxygens (including phenoxy) is 1. The molecule has 20 heavy (non-hydrogen) atoms. The molecule has 0 aliphatic heterocycles. The number of carbonyl (C=O) groups is 1. The molecule has 3 rings (SSSR count). The van der Waals surface area contributed by atoms with Crippen molar-refractivity contribution < 1.29 is 9.53 Å². The van der Waals surface area contributed by atoms with Crippen molar-refractivity contribution in [3.63, 3.8) is 0 Å². The predicted octanol–water partition coefficient (Wildman–Crippen LogP) is 3.83. The van der Waals surface area contributed by atoms with Crippen molar-refractivity contribution in [2.75, 3.05) is 11.9 Å². The van der Waals surface area contributed by atoms with Gasteiger partial charge < -0.3 is 10.1 Å². The number of esters is 1. The van der Waals surface area contributed by atoms with Gasteiger partial charge in [0, 0.05) is 6.04 Å². The average molecular weight is 290 g/mol. The largest absolute Gasteiger partial charge is 0.462 e. The van der Waals surface area contributed by atoms with Crippen molar-refractivity contribution in [2.45, 2.75) is 38.6 Å². The summed E-state index contributed by atoms with van der Waals surface area (Å²) in [4.78, 5) is 16.3. The lowest BCUT2D eigenvalue weighted by Gasteiger charge is -2.09. The number of benzene rings is 1. The van der Waals surface area contributed by atoms with Gasteiger partial charge in [-0.05, 0) is 38.0 Å². The smallest absolute Gasteiger partial charge is 0.338 e. The van der Waals surface area contributed by atoms with E-state index in [1.165, 1.54) is 25.7 Å². The molecular weight excluding hydrogens is 272 g/mol. The SMILES string of the molecule is CCOC(=O)c1ccc2nc(NC3CCCC3)sc2c1. The summed E-state index contributed by atoms with van der Waals surface area (Å²) in [6.07, 6.45) is 5.05. The number of thiazole rings is 1. The van der Waals surface area contributed by atoms with Gasteiger partial charge in [-0.3, -0.25) is 0 Å². The average Bonchev–Trinajstić information content (AvgIpc) is 3.07. The van der Waals surface area contributed by atoms with Crippen LogP contribution in [0, 0.1) is 0 Å².